The molecule has 2 aromatic heterocycles. The summed E-state index contributed by atoms with van der Waals surface area (Å²) in [5.41, 5.74) is 11.5. The van der Waals surface area contributed by atoms with E-state index in [-0.39, 0.29) is 0 Å². The van der Waals surface area contributed by atoms with Crippen molar-refractivity contribution in [3.05, 3.63) is 63.9 Å². The van der Waals surface area contributed by atoms with E-state index in [4.69, 9.17) is 9.97 Å². The van der Waals surface area contributed by atoms with Crippen molar-refractivity contribution < 1.29 is 0 Å². The molecular weight excluding hydrogens is 292 g/mol. The van der Waals surface area contributed by atoms with Gasteiger partial charge in [0.1, 0.15) is 0 Å². The van der Waals surface area contributed by atoms with E-state index in [1.165, 1.54) is 38.9 Å². The molecule has 0 spiro atoms. The third-order valence-corrected chi connectivity index (χ3v) is 5.66. The van der Waals surface area contributed by atoms with Crippen LogP contribution in [0, 0.1) is 13.8 Å². The van der Waals surface area contributed by atoms with Crippen LogP contribution < -0.4 is 0 Å². The van der Waals surface area contributed by atoms with Gasteiger partial charge in [-0.1, -0.05) is 30.4 Å². The first-order valence-corrected chi connectivity index (χ1v) is 8.81. The number of hydrogen-bond acceptors (Lipinski definition) is 2. The van der Waals surface area contributed by atoms with Crippen molar-refractivity contribution in [2.45, 2.75) is 39.5 Å². The topological polar surface area (TPSA) is 25.8 Å². The smallest absolute Gasteiger partial charge is 0.0931 e. The fraction of sp³-hybridized carbons (Fsp3) is 0.273. The monoisotopic (exact) mass is 312 g/mol. The van der Waals surface area contributed by atoms with Gasteiger partial charge in [-0.2, -0.15) is 0 Å². The van der Waals surface area contributed by atoms with Crippen LogP contribution >= 0.6 is 0 Å². The summed E-state index contributed by atoms with van der Waals surface area (Å²) in [5, 5.41) is 1.28. The van der Waals surface area contributed by atoms with Crippen molar-refractivity contribution in [3.63, 3.8) is 0 Å². The number of benzene rings is 1. The molecule has 0 saturated heterocycles. The predicted octanol–water partition coefficient (Wildman–Crippen LogP) is 4.97. The Morgan fingerprint density at radius 3 is 2.46 bits per heavy atom. The first-order chi connectivity index (χ1) is 11.7. The summed E-state index contributed by atoms with van der Waals surface area (Å²) in [5.74, 6) is 0. The van der Waals surface area contributed by atoms with Gasteiger partial charge in [0.05, 0.1) is 16.9 Å². The Morgan fingerprint density at radius 2 is 1.58 bits per heavy atom. The first kappa shape index (κ1) is 13.9. The van der Waals surface area contributed by atoms with Crippen molar-refractivity contribution in [2.75, 3.05) is 0 Å². The van der Waals surface area contributed by atoms with Crippen molar-refractivity contribution in [2.24, 2.45) is 0 Å². The maximum absolute atomic E-state index is 5.09. The lowest BCUT2D eigenvalue weighted by Gasteiger charge is -2.25. The molecule has 0 aliphatic heterocycles. The van der Waals surface area contributed by atoms with Crippen molar-refractivity contribution in [3.8, 4) is 11.4 Å². The van der Waals surface area contributed by atoms with Crippen LogP contribution in [0.5, 0.6) is 0 Å². The molecule has 3 aromatic rings. The van der Waals surface area contributed by atoms with Gasteiger partial charge in [0.25, 0.3) is 0 Å². The average Bonchev–Trinajstić information content (AvgIpc) is 2.62. The quantitative estimate of drug-likeness (QED) is 0.585. The third-order valence-electron chi connectivity index (χ3n) is 5.66. The van der Waals surface area contributed by atoms with Gasteiger partial charge in [0.2, 0.25) is 0 Å². The molecule has 118 valence electrons. The van der Waals surface area contributed by atoms with Gasteiger partial charge < -0.3 is 0 Å². The van der Waals surface area contributed by atoms with E-state index in [0.29, 0.717) is 0 Å². The van der Waals surface area contributed by atoms with E-state index in [0.717, 1.165) is 42.6 Å². The number of hydrogen-bond donors (Lipinski definition) is 0. The zero-order chi connectivity index (χ0) is 16.3. The highest BCUT2D eigenvalue weighted by Crippen LogP contribution is 2.39. The standard InChI is InChI=1S/C22H20N2/c1-13-15-7-3-5-9-19(15)23-21-17(13)11-12-18-14(2)16-8-4-6-10-20(16)24-22(18)21/h3-5,7-9H,6,10-12H2,1-2H3. The zero-order valence-electron chi connectivity index (χ0n) is 14.2. The molecule has 24 heavy (non-hydrogen) atoms. The number of para-hydroxylation sites is 1. The molecular formula is C22H20N2. The lowest BCUT2D eigenvalue weighted by atomic mass is 9.84. The van der Waals surface area contributed by atoms with E-state index in [9.17, 15) is 0 Å². The Bertz CT molecular complexity index is 1030. The molecule has 0 saturated carbocycles. The third kappa shape index (κ3) is 1.83. The maximum atomic E-state index is 5.09. The minimum absolute atomic E-state index is 1.04. The van der Waals surface area contributed by atoms with Gasteiger partial charge in [0, 0.05) is 11.1 Å². The van der Waals surface area contributed by atoms with E-state index in [2.05, 4.69) is 50.3 Å². The van der Waals surface area contributed by atoms with Crippen LogP contribution in [0.15, 0.2) is 30.3 Å². The van der Waals surface area contributed by atoms with Crippen molar-refractivity contribution >= 4 is 17.0 Å². The largest absolute Gasteiger partial charge is 0.250 e. The van der Waals surface area contributed by atoms with Gasteiger partial charge >= 0.3 is 0 Å². The zero-order valence-corrected chi connectivity index (χ0v) is 14.2. The average molecular weight is 312 g/mol. The van der Waals surface area contributed by atoms with Crippen LogP contribution in [-0.4, -0.2) is 9.97 Å². The summed E-state index contributed by atoms with van der Waals surface area (Å²) in [6, 6.07) is 8.47. The molecule has 2 heterocycles. The molecule has 2 aliphatic carbocycles. The Balaban J connectivity index is 1.85. The number of rotatable bonds is 0. The van der Waals surface area contributed by atoms with Gasteiger partial charge in [-0.25, -0.2) is 4.98 Å². The Labute approximate surface area is 142 Å². The number of aryl methyl sites for hydroxylation is 2. The fourth-order valence-corrected chi connectivity index (χ4v) is 4.32. The van der Waals surface area contributed by atoms with Crippen LogP contribution in [0.3, 0.4) is 0 Å². The highest BCUT2D eigenvalue weighted by molar-refractivity contribution is 5.88. The second kappa shape index (κ2) is 5.01. The molecule has 2 heteroatoms. The lowest BCUT2D eigenvalue weighted by Crippen LogP contribution is -2.15. The molecule has 0 amide bonds. The van der Waals surface area contributed by atoms with Crippen LogP contribution in [0.2, 0.25) is 0 Å². The van der Waals surface area contributed by atoms with E-state index in [1.807, 2.05) is 0 Å². The Morgan fingerprint density at radius 1 is 0.833 bits per heavy atom. The van der Waals surface area contributed by atoms with E-state index < -0.39 is 0 Å². The van der Waals surface area contributed by atoms with E-state index >= 15 is 0 Å². The molecule has 0 unspecified atom stereocenters. The first-order valence-electron chi connectivity index (χ1n) is 8.81. The predicted molar refractivity (Wildman–Crippen MR) is 99.2 cm³/mol. The molecule has 0 radical (unpaired) electrons. The Hall–Kier alpha value is -2.48. The fourth-order valence-electron chi connectivity index (χ4n) is 4.32. The molecule has 1 aromatic carbocycles. The molecule has 2 nitrogen and oxygen atoms in total. The minimum Gasteiger partial charge on any atom is -0.250 e. The summed E-state index contributed by atoms with van der Waals surface area (Å²) < 4.78 is 0. The summed E-state index contributed by atoms with van der Waals surface area (Å²) >= 11 is 0. The second-order valence-corrected chi connectivity index (χ2v) is 6.95. The number of nitrogens with zero attached hydrogens (tertiary/aromatic N) is 2. The summed E-state index contributed by atoms with van der Waals surface area (Å²) in [6.07, 6.45) is 8.81. The minimum atomic E-state index is 1.04. The van der Waals surface area contributed by atoms with E-state index in [1.54, 1.807) is 0 Å². The molecule has 0 N–H and O–H groups in total. The molecule has 2 aliphatic rings. The van der Waals surface area contributed by atoms with Crippen molar-refractivity contribution in [1.82, 2.24) is 9.97 Å². The van der Waals surface area contributed by atoms with Gasteiger partial charge in [-0.05, 0) is 73.4 Å². The molecule has 5 rings (SSSR count). The lowest BCUT2D eigenvalue weighted by molar-refractivity contribution is 0.862. The van der Waals surface area contributed by atoms with Crippen molar-refractivity contribution in [1.29, 1.82) is 0 Å². The summed E-state index contributed by atoms with van der Waals surface area (Å²) in [6.45, 7) is 4.50. The number of fused-ring (bicyclic) bond motifs is 5. The molecule has 0 bridgehead atoms. The van der Waals surface area contributed by atoms with Gasteiger partial charge in [-0.15, -0.1) is 0 Å². The molecule has 0 atom stereocenters. The van der Waals surface area contributed by atoms with Crippen LogP contribution in [-0.2, 0) is 19.3 Å². The maximum Gasteiger partial charge on any atom is 0.0931 e. The van der Waals surface area contributed by atoms with Gasteiger partial charge in [0.15, 0.2) is 0 Å². The Kier molecular flexibility index (Phi) is 2.90. The SMILES string of the molecule is Cc1c2c(nc3c1CCc1c-3nc3ccccc3c1C)CCC=C2. The van der Waals surface area contributed by atoms with Crippen LogP contribution in [0.25, 0.3) is 28.4 Å². The summed E-state index contributed by atoms with van der Waals surface area (Å²) in [4.78, 5) is 10.1. The molecule has 0 fully saturated rings. The second-order valence-electron chi connectivity index (χ2n) is 6.95. The number of aromatic nitrogens is 2. The normalized spacial score (nSPS) is 15.1. The summed E-state index contributed by atoms with van der Waals surface area (Å²) in [7, 11) is 0. The number of pyridine rings is 2. The highest BCUT2D eigenvalue weighted by Gasteiger charge is 2.26. The van der Waals surface area contributed by atoms with Crippen LogP contribution in [0.4, 0.5) is 0 Å². The number of allylic oxidation sites excluding steroid dienone is 1. The highest BCUT2D eigenvalue weighted by atomic mass is 14.8. The van der Waals surface area contributed by atoms with Gasteiger partial charge in [-0.3, -0.25) is 4.98 Å². The van der Waals surface area contributed by atoms with Crippen LogP contribution in [0.1, 0.15) is 39.9 Å².